The molecule has 1 saturated heterocycles. The van der Waals surface area contributed by atoms with Gasteiger partial charge < -0.3 is 19.3 Å². The quantitative estimate of drug-likeness (QED) is 0.662. The lowest BCUT2D eigenvalue weighted by Gasteiger charge is -2.40. The maximum Gasteiger partial charge on any atom is 0.275 e. The Hall–Kier alpha value is -1.14. The highest BCUT2D eigenvalue weighted by Crippen LogP contribution is 2.16. The molecule has 1 aliphatic heterocycles. The molecule has 0 aromatic rings. The molecule has 0 saturated carbocycles. The van der Waals surface area contributed by atoms with Crippen LogP contribution in [-0.4, -0.2) is 61.4 Å². The Morgan fingerprint density at radius 1 is 0.938 bits per heavy atom. The Kier molecular flexibility index (Phi) is 4.26. The molecule has 0 bridgehead atoms. The molecule has 2 unspecified atom stereocenters. The average molecular weight is 230 g/mol. The number of piperazine rings is 1. The molecule has 6 heteroatoms. The summed E-state index contributed by atoms with van der Waals surface area (Å²) in [6.45, 7) is 4.31. The topological polar surface area (TPSA) is 59.1 Å². The number of ether oxygens (including phenoxy) is 2. The SMILES string of the molecule is CCOC1C(=O)N(C)C(OCC)C(=O)N1C. The van der Waals surface area contributed by atoms with Crippen molar-refractivity contribution >= 4 is 11.8 Å². The molecule has 0 spiro atoms. The fraction of sp³-hybridized carbons (Fsp3) is 0.800. The molecule has 0 radical (unpaired) electrons. The lowest BCUT2D eigenvalue weighted by Crippen LogP contribution is -2.63. The van der Waals surface area contributed by atoms with Gasteiger partial charge in [-0.2, -0.15) is 0 Å². The Labute approximate surface area is 95.1 Å². The number of rotatable bonds is 4. The second-order valence-electron chi connectivity index (χ2n) is 3.51. The van der Waals surface area contributed by atoms with Crippen molar-refractivity contribution in [1.82, 2.24) is 9.80 Å². The van der Waals surface area contributed by atoms with Crippen LogP contribution < -0.4 is 0 Å². The number of hydrogen-bond acceptors (Lipinski definition) is 4. The first-order valence-electron chi connectivity index (χ1n) is 5.31. The number of carbonyl (C=O) groups is 2. The van der Waals surface area contributed by atoms with Gasteiger partial charge in [0, 0.05) is 27.3 Å². The molecule has 0 N–H and O–H groups in total. The highest BCUT2D eigenvalue weighted by atomic mass is 16.5. The number of carbonyl (C=O) groups excluding carboxylic acids is 2. The van der Waals surface area contributed by atoms with Gasteiger partial charge in [0.1, 0.15) is 0 Å². The molecule has 6 nitrogen and oxygen atoms in total. The van der Waals surface area contributed by atoms with Gasteiger partial charge in [-0.3, -0.25) is 9.59 Å². The molecule has 1 rings (SSSR count). The average Bonchev–Trinajstić information content (AvgIpc) is 2.28. The summed E-state index contributed by atoms with van der Waals surface area (Å²) in [5.74, 6) is -0.523. The van der Waals surface area contributed by atoms with E-state index in [4.69, 9.17) is 9.47 Å². The van der Waals surface area contributed by atoms with E-state index in [2.05, 4.69) is 0 Å². The summed E-state index contributed by atoms with van der Waals surface area (Å²) >= 11 is 0. The summed E-state index contributed by atoms with van der Waals surface area (Å²) in [5.41, 5.74) is 0. The van der Waals surface area contributed by atoms with Crippen molar-refractivity contribution < 1.29 is 19.1 Å². The molecule has 1 heterocycles. The summed E-state index contributed by atoms with van der Waals surface area (Å²) in [7, 11) is 3.08. The Morgan fingerprint density at radius 3 is 1.50 bits per heavy atom. The van der Waals surface area contributed by atoms with Gasteiger partial charge in [-0.05, 0) is 13.8 Å². The second-order valence-corrected chi connectivity index (χ2v) is 3.51. The Balaban J connectivity index is 2.86. The zero-order valence-corrected chi connectivity index (χ0v) is 10.1. The van der Waals surface area contributed by atoms with Crippen molar-refractivity contribution in [2.24, 2.45) is 0 Å². The van der Waals surface area contributed by atoms with Crippen LogP contribution in [0, 0.1) is 0 Å². The fourth-order valence-corrected chi connectivity index (χ4v) is 1.59. The van der Waals surface area contributed by atoms with E-state index in [1.807, 2.05) is 0 Å². The smallest absolute Gasteiger partial charge is 0.275 e. The van der Waals surface area contributed by atoms with Crippen molar-refractivity contribution in [2.75, 3.05) is 27.3 Å². The van der Waals surface area contributed by atoms with Crippen LogP contribution in [0.25, 0.3) is 0 Å². The fourth-order valence-electron chi connectivity index (χ4n) is 1.59. The minimum Gasteiger partial charge on any atom is -0.350 e. The monoisotopic (exact) mass is 230 g/mol. The Morgan fingerprint density at radius 2 is 1.25 bits per heavy atom. The van der Waals surface area contributed by atoms with E-state index in [1.165, 1.54) is 9.80 Å². The lowest BCUT2D eigenvalue weighted by atomic mass is 10.2. The van der Waals surface area contributed by atoms with E-state index in [1.54, 1.807) is 27.9 Å². The third-order valence-corrected chi connectivity index (χ3v) is 2.47. The van der Waals surface area contributed by atoms with Gasteiger partial charge in [0.2, 0.25) is 12.5 Å². The van der Waals surface area contributed by atoms with E-state index < -0.39 is 12.5 Å². The molecule has 0 aliphatic carbocycles. The molecule has 16 heavy (non-hydrogen) atoms. The van der Waals surface area contributed by atoms with Gasteiger partial charge in [0.05, 0.1) is 0 Å². The third kappa shape index (κ3) is 2.17. The van der Waals surface area contributed by atoms with E-state index in [-0.39, 0.29) is 11.8 Å². The van der Waals surface area contributed by atoms with Gasteiger partial charge in [-0.1, -0.05) is 0 Å². The molecule has 0 aromatic heterocycles. The van der Waals surface area contributed by atoms with Crippen LogP contribution in [0.15, 0.2) is 0 Å². The summed E-state index contributed by atoms with van der Waals surface area (Å²) in [4.78, 5) is 26.3. The number of hydrogen-bond donors (Lipinski definition) is 0. The van der Waals surface area contributed by atoms with E-state index in [0.29, 0.717) is 13.2 Å². The zero-order valence-electron chi connectivity index (χ0n) is 10.1. The van der Waals surface area contributed by atoms with Gasteiger partial charge in [-0.15, -0.1) is 0 Å². The standard InChI is InChI=1S/C10H18N2O4/c1-5-15-9-7(13)12(4)10(16-6-2)8(14)11(9)3/h9-10H,5-6H2,1-4H3. The van der Waals surface area contributed by atoms with Gasteiger partial charge >= 0.3 is 0 Å². The number of nitrogens with zero attached hydrogens (tertiary/aromatic N) is 2. The number of amides is 2. The van der Waals surface area contributed by atoms with Crippen LogP contribution in [0.2, 0.25) is 0 Å². The maximum absolute atomic E-state index is 11.9. The van der Waals surface area contributed by atoms with Crippen molar-refractivity contribution in [3.63, 3.8) is 0 Å². The molecule has 1 fully saturated rings. The predicted octanol–water partition coefficient (Wildman–Crippen LogP) is -0.358. The Bertz CT molecular complexity index is 254. The van der Waals surface area contributed by atoms with E-state index in [0.717, 1.165) is 0 Å². The predicted molar refractivity (Wildman–Crippen MR) is 56.4 cm³/mol. The minimum atomic E-state index is -0.834. The van der Waals surface area contributed by atoms with Crippen molar-refractivity contribution in [3.05, 3.63) is 0 Å². The molecule has 2 amide bonds. The summed E-state index contributed by atoms with van der Waals surface area (Å²) in [6.07, 6.45) is -1.67. The van der Waals surface area contributed by atoms with Crippen LogP contribution in [0.4, 0.5) is 0 Å². The third-order valence-electron chi connectivity index (χ3n) is 2.47. The molecule has 1 aliphatic rings. The van der Waals surface area contributed by atoms with Gasteiger partial charge in [0.15, 0.2) is 0 Å². The van der Waals surface area contributed by atoms with Crippen LogP contribution >= 0.6 is 0 Å². The molecule has 0 aromatic carbocycles. The summed E-state index contributed by atoms with van der Waals surface area (Å²) in [5, 5.41) is 0. The first-order chi connectivity index (χ1) is 7.54. The first-order valence-corrected chi connectivity index (χ1v) is 5.31. The maximum atomic E-state index is 11.9. The van der Waals surface area contributed by atoms with Crippen LogP contribution in [0.5, 0.6) is 0 Å². The van der Waals surface area contributed by atoms with Gasteiger partial charge in [0.25, 0.3) is 11.8 Å². The van der Waals surface area contributed by atoms with Gasteiger partial charge in [-0.25, -0.2) is 0 Å². The molecular formula is C10H18N2O4. The highest BCUT2D eigenvalue weighted by molar-refractivity contribution is 5.95. The lowest BCUT2D eigenvalue weighted by molar-refractivity contribution is -0.196. The summed E-state index contributed by atoms with van der Waals surface area (Å²) in [6, 6.07) is 0. The molecular weight excluding hydrogens is 212 g/mol. The second kappa shape index (κ2) is 5.27. The molecule has 2 atom stereocenters. The van der Waals surface area contributed by atoms with Crippen molar-refractivity contribution in [2.45, 2.75) is 26.3 Å². The van der Waals surface area contributed by atoms with E-state index >= 15 is 0 Å². The van der Waals surface area contributed by atoms with Crippen LogP contribution in [0.1, 0.15) is 13.8 Å². The summed E-state index contributed by atoms with van der Waals surface area (Å²) < 4.78 is 10.5. The van der Waals surface area contributed by atoms with E-state index in [9.17, 15) is 9.59 Å². The van der Waals surface area contributed by atoms with Crippen molar-refractivity contribution in [1.29, 1.82) is 0 Å². The zero-order chi connectivity index (χ0) is 12.3. The first kappa shape index (κ1) is 12.9. The molecule has 92 valence electrons. The largest absolute Gasteiger partial charge is 0.350 e. The minimum absolute atomic E-state index is 0.262. The van der Waals surface area contributed by atoms with Crippen molar-refractivity contribution in [3.8, 4) is 0 Å². The van der Waals surface area contributed by atoms with Crippen LogP contribution in [0.3, 0.4) is 0 Å². The highest BCUT2D eigenvalue weighted by Gasteiger charge is 2.43. The van der Waals surface area contributed by atoms with Crippen LogP contribution in [-0.2, 0) is 19.1 Å². The number of likely N-dealkylation sites (N-methyl/N-ethyl adjacent to an activating group) is 2. The normalized spacial score (nSPS) is 26.5.